The number of likely N-dealkylation sites (tertiary alicyclic amines) is 1. The molecule has 0 aromatic heterocycles. The van der Waals surface area contributed by atoms with Crippen molar-refractivity contribution >= 4 is 12.4 Å². The van der Waals surface area contributed by atoms with Gasteiger partial charge in [0, 0.05) is 18.5 Å². The Morgan fingerprint density at radius 3 is 2.20 bits per heavy atom. The normalized spacial score (nSPS) is 26.9. The Balaban J connectivity index is 0.00000172. The van der Waals surface area contributed by atoms with Gasteiger partial charge in [0.25, 0.3) is 0 Å². The molecule has 1 rings (SSSR count). The molecule has 1 fully saturated rings. The van der Waals surface area contributed by atoms with Gasteiger partial charge in [-0.2, -0.15) is 0 Å². The molecule has 1 aliphatic rings. The third-order valence-electron chi connectivity index (χ3n) is 3.21. The first kappa shape index (κ1) is 18.9. The number of amides is 1. The molecule has 0 spiro atoms. The van der Waals surface area contributed by atoms with Gasteiger partial charge in [0.1, 0.15) is 11.9 Å². The molecule has 4 heteroatoms. The summed E-state index contributed by atoms with van der Waals surface area (Å²) < 4.78 is 5.42. The lowest BCUT2D eigenvalue weighted by Gasteiger charge is -2.31. The van der Waals surface area contributed by atoms with Crippen LogP contribution in [0.5, 0.6) is 0 Å². The lowest BCUT2D eigenvalue weighted by molar-refractivity contribution is -0.111. The van der Waals surface area contributed by atoms with E-state index in [-0.39, 0.29) is 18.1 Å². The molecule has 0 bridgehead atoms. The van der Waals surface area contributed by atoms with E-state index in [0.717, 1.165) is 19.1 Å². The smallest absolute Gasteiger partial charge is 0.410 e. The van der Waals surface area contributed by atoms with Gasteiger partial charge in [0.15, 0.2) is 0 Å². The first-order valence-corrected chi connectivity index (χ1v) is 7.68. The summed E-state index contributed by atoms with van der Waals surface area (Å²) in [7, 11) is 0. The van der Waals surface area contributed by atoms with Gasteiger partial charge < -0.3 is 14.4 Å². The van der Waals surface area contributed by atoms with E-state index in [1.165, 1.54) is 0 Å². The second-order valence-electron chi connectivity index (χ2n) is 6.45. The average molecular weight is 285 g/mol. The fraction of sp³-hybridized carbons (Fsp3) is 0.875. The van der Waals surface area contributed by atoms with Crippen LogP contribution in [-0.2, 0) is 9.53 Å². The highest BCUT2D eigenvalue weighted by molar-refractivity contribution is 5.68. The molecule has 0 aromatic carbocycles. The highest BCUT2D eigenvalue weighted by Gasteiger charge is 2.32. The van der Waals surface area contributed by atoms with Crippen LogP contribution in [0.25, 0.3) is 0 Å². The van der Waals surface area contributed by atoms with E-state index in [0.29, 0.717) is 12.5 Å². The summed E-state index contributed by atoms with van der Waals surface area (Å²) in [5.41, 5.74) is -0.476. The first-order valence-electron chi connectivity index (χ1n) is 7.68. The Labute approximate surface area is 123 Å². The maximum atomic E-state index is 12.1. The Hall–Kier alpha value is -1.06. The third kappa shape index (κ3) is 6.40. The molecule has 4 nitrogen and oxygen atoms in total. The van der Waals surface area contributed by atoms with E-state index in [9.17, 15) is 9.59 Å². The van der Waals surface area contributed by atoms with Crippen molar-refractivity contribution in [2.24, 2.45) is 11.8 Å². The van der Waals surface area contributed by atoms with Gasteiger partial charge in [-0.25, -0.2) is 4.79 Å². The van der Waals surface area contributed by atoms with Gasteiger partial charge in [-0.1, -0.05) is 20.8 Å². The molecule has 0 radical (unpaired) electrons. The fourth-order valence-corrected chi connectivity index (χ4v) is 2.45. The molecule has 0 saturated carbocycles. The van der Waals surface area contributed by atoms with E-state index < -0.39 is 5.60 Å². The van der Waals surface area contributed by atoms with Gasteiger partial charge in [0.2, 0.25) is 0 Å². The molecule has 0 aliphatic carbocycles. The average Bonchev–Trinajstić information content (AvgIpc) is 2.48. The van der Waals surface area contributed by atoms with Crippen LogP contribution < -0.4 is 0 Å². The van der Waals surface area contributed by atoms with Crippen molar-refractivity contribution in [3.63, 3.8) is 0 Å². The van der Waals surface area contributed by atoms with Gasteiger partial charge in [-0.3, -0.25) is 0 Å². The molecule has 3 atom stereocenters. The number of carbonyl (C=O) groups excluding carboxylic acids is 2. The zero-order chi connectivity index (χ0) is 15.9. The number of rotatable bonds is 1. The van der Waals surface area contributed by atoms with Gasteiger partial charge >= 0.3 is 6.09 Å². The minimum atomic E-state index is -0.476. The van der Waals surface area contributed by atoms with Crippen LogP contribution in [0.2, 0.25) is 0 Å². The van der Waals surface area contributed by atoms with E-state index in [1.807, 2.05) is 41.5 Å². The zero-order valence-corrected chi connectivity index (χ0v) is 14.1. The van der Waals surface area contributed by atoms with E-state index in [4.69, 9.17) is 4.74 Å². The summed E-state index contributed by atoms with van der Waals surface area (Å²) in [6, 6.07) is 0.0556. The molecule has 1 heterocycles. The summed E-state index contributed by atoms with van der Waals surface area (Å²) in [4.78, 5) is 24.9. The van der Waals surface area contributed by atoms with E-state index in [2.05, 4.69) is 6.92 Å². The predicted octanol–water partition coefficient (Wildman–Crippen LogP) is 3.88. The van der Waals surface area contributed by atoms with Crippen LogP contribution in [0.3, 0.4) is 0 Å². The highest BCUT2D eigenvalue weighted by Crippen LogP contribution is 2.26. The monoisotopic (exact) mass is 285 g/mol. The maximum Gasteiger partial charge on any atom is 0.410 e. The topological polar surface area (TPSA) is 46.6 Å². The van der Waals surface area contributed by atoms with Crippen LogP contribution in [0.1, 0.15) is 61.3 Å². The van der Waals surface area contributed by atoms with Crippen LogP contribution in [-0.4, -0.2) is 35.5 Å². The first-order chi connectivity index (χ1) is 9.23. The summed E-state index contributed by atoms with van der Waals surface area (Å²) in [5, 5.41) is 0. The third-order valence-corrected chi connectivity index (χ3v) is 3.21. The number of nitrogens with zero attached hydrogens (tertiary/aromatic N) is 1. The molecule has 118 valence electrons. The fourth-order valence-electron chi connectivity index (χ4n) is 2.45. The SMILES string of the molecule is CC.CC1CC(C=O)CC(C)N(C(=O)OC(C)(C)C)C1. The predicted molar refractivity (Wildman–Crippen MR) is 81.7 cm³/mol. The van der Waals surface area contributed by atoms with Crippen molar-refractivity contribution < 1.29 is 14.3 Å². The second kappa shape index (κ2) is 8.28. The van der Waals surface area contributed by atoms with Crippen molar-refractivity contribution in [2.45, 2.75) is 73.0 Å². The molecule has 0 N–H and O–H groups in total. The minimum absolute atomic E-state index is 0.0556. The lowest BCUT2D eigenvalue weighted by Crippen LogP contribution is -2.43. The molecular formula is C16H31NO3. The van der Waals surface area contributed by atoms with Gasteiger partial charge in [0.05, 0.1) is 0 Å². The highest BCUT2D eigenvalue weighted by atomic mass is 16.6. The number of ether oxygens (including phenoxy) is 1. The maximum absolute atomic E-state index is 12.1. The molecular weight excluding hydrogens is 254 g/mol. The molecule has 1 amide bonds. The van der Waals surface area contributed by atoms with Crippen LogP contribution in [0, 0.1) is 11.8 Å². The van der Waals surface area contributed by atoms with E-state index in [1.54, 1.807) is 4.90 Å². The van der Waals surface area contributed by atoms with E-state index >= 15 is 0 Å². The molecule has 3 unspecified atom stereocenters. The van der Waals surface area contributed by atoms with Crippen LogP contribution >= 0.6 is 0 Å². The molecule has 1 aliphatic heterocycles. The Morgan fingerprint density at radius 1 is 1.20 bits per heavy atom. The van der Waals surface area contributed by atoms with Gasteiger partial charge in [-0.05, 0) is 46.5 Å². The summed E-state index contributed by atoms with van der Waals surface area (Å²) in [6.07, 6.45) is 2.33. The van der Waals surface area contributed by atoms with Crippen molar-refractivity contribution in [3.8, 4) is 0 Å². The van der Waals surface area contributed by atoms with Crippen LogP contribution in [0.4, 0.5) is 4.79 Å². The zero-order valence-electron chi connectivity index (χ0n) is 14.1. The minimum Gasteiger partial charge on any atom is -0.444 e. The largest absolute Gasteiger partial charge is 0.444 e. The lowest BCUT2D eigenvalue weighted by atomic mass is 9.95. The number of hydrogen-bond donors (Lipinski definition) is 0. The summed E-state index contributed by atoms with van der Waals surface area (Å²) >= 11 is 0. The number of carbonyl (C=O) groups is 2. The Bertz CT molecular complexity index is 309. The summed E-state index contributed by atoms with van der Waals surface area (Å²) in [6.45, 7) is 14.3. The Kier molecular flexibility index (Phi) is 7.84. The second-order valence-corrected chi connectivity index (χ2v) is 6.45. The molecule has 1 saturated heterocycles. The van der Waals surface area contributed by atoms with Crippen molar-refractivity contribution in [1.29, 1.82) is 0 Å². The van der Waals surface area contributed by atoms with Gasteiger partial charge in [-0.15, -0.1) is 0 Å². The quantitative estimate of drug-likeness (QED) is 0.687. The Morgan fingerprint density at radius 2 is 1.75 bits per heavy atom. The summed E-state index contributed by atoms with van der Waals surface area (Å²) in [5.74, 6) is 0.389. The van der Waals surface area contributed by atoms with Crippen molar-refractivity contribution in [1.82, 2.24) is 4.90 Å². The molecule has 20 heavy (non-hydrogen) atoms. The van der Waals surface area contributed by atoms with Crippen molar-refractivity contribution in [3.05, 3.63) is 0 Å². The van der Waals surface area contributed by atoms with Crippen LogP contribution in [0.15, 0.2) is 0 Å². The number of aldehydes is 1. The molecule has 0 aromatic rings. The standard InChI is InChI=1S/C14H25NO3.C2H6/c1-10-6-12(9-16)7-11(2)15(8-10)13(17)18-14(3,4)5;1-2/h9-12H,6-8H2,1-5H3;1-2H3. The number of hydrogen-bond acceptors (Lipinski definition) is 3. The van der Waals surface area contributed by atoms with Crippen molar-refractivity contribution in [2.75, 3.05) is 6.54 Å².